The van der Waals surface area contributed by atoms with E-state index < -0.39 is 11.7 Å². The zero-order chi connectivity index (χ0) is 20.6. The Morgan fingerprint density at radius 3 is 2.31 bits per heavy atom. The Balaban J connectivity index is 2.01. The number of hydrogen-bond acceptors (Lipinski definition) is 1. The number of benzene rings is 3. The summed E-state index contributed by atoms with van der Waals surface area (Å²) in [4.78, 5) is 3.14. The molecule has 0 spiro atoms. The van der Waals surface area contributed by atoms with Gasteiger partial charge in [-0.2, -0.15) is 13.2 Å². The molecule has 1 aromatic heterocycles. The van der Waals surface area contributed by atoms with Crippen LogP contribution in [0.5, 0.6) is 0 Å². The minimum absolute atomic E-state index is 0.155. The number of aryl methyl sites for hydroxylation is 2. The summed E-state index contributed by atoms with van der Waals surface area (Å²) in [6.45, 7) is 2.61. The predicted octanol–water partition coefficient (Wildman–Crippen LogP) is 6.60. The second kappa shape index (κ2) is 7.56. The quantitative estimate of drug-likeness (QED) is 0.367. The van der Waals surface area contributed by atoms with E-state index in [1.54, 1.807) is 6.07 Å². The number of para-hydroxylation sites is 1. The van der Waals surface area contributed by atoms with Crippen LogP contribution in [0.1, 0.15) is 29.5 Å². The zero-order valence-electron chi connectivity index (χ0n) is 16.2. The maximum absolute atomic E-state index is 13.6. The number of fused-ring (bicyclic) bond motifs is 2. The molecule has 0 aliphatic rings. The van der Waals surface area contributed by atoms with E-state index in [1.165, 1.54) is 6.07 Å². The molecule has 1 heterocycles. The number of halogens is 3. The van der Waals surface area contributed by atoms with E-state index in [4.69, 9.17) is 5.73 Å². The van der Waals surface area contributed by atoms with Crippen molar-refractivity contribution in [3.05, 3.63) is 71.3 Å². The van der Waals surface area contributed by atoms with Gasteiger partial charge in [0, 0.05) is 10.9 Å². The number of unbranched alkanes of at least 4 members (excludes halogenated alkanes) is 1. The van der Waals surface area contributed by atoms with Crippen molar-refractivity contribution in [1.82, 2.24) is 4.98 Å². The number of aromatic nitrogens is 1. The Morgan fingerprint density at radius 1 is 0.862 bits per heavy atom. The molecule has 29 heavy (non-hydrogen) atoms. The van der Waals surface area contributed by atoms with Gasteiger partial charge in [0.1, 0.15) is 0 Å². The molecule has 0 aliphatic heterocycles. The smallest absolute Gasteiger partial charge is 0.354 e. The minimum atomic E-state index is -4.41. The first kappa shape index (κ1) is 19.5. The number of H-pyrrole nitrogens is 1. The Bertz CT molecular complexity index is 1170. The number of nitrogens with two attached hydrogens (primary N) is 1. The van der Waals surface area contributed by atoms with Crippen molar-refractivity contribution in [2.45, 2.75) is 32.4 Å². The SMILES string of the molecule is Cc1ccc(-c2[nH]c3c(C(F)(F)F)cccc3c2CCCCN)c2ccccc12. The Kier molecular flexibility index (Phi) is 5.09. The van der Waals surface area contributed by atoms with Gasteiger partial charge >= 0.3 is 6.18 Å². The third-order valence-electron chi connectivity index (χ3n) is 5.54. The third kappa shape index (κ3) is 3.51. The van der Waals surface area contributed by atoms with Gasteiger partial charge in [-0.3, -0.25) is 0 Å². The summed E-state index contributed by atoms with van der Waals surface area (Å²) in [6, 6.07) is 16.4. The monoisotopic (exact) mass is 396 g/mol. The minimum Gasteiger partial charge on any atom is -0.354 e. The van der Waals surface area contributed by atoms with Crippen LogP contribution >= 0.6 is 0 Å². The van der Waals surface area contributed by atoms with E-state index in [9.17, 15) is 13.2 Å². The first-order chi connectivity index (χ1) is 13.9. The number of alkyl halides is 3. The fourth-order valence-corrected chi connectivity index (χ4v) is 4.11. The van der Waals surface area contributed by atoms with Crippen LogP contribution in [0.2, 0.25) is 0 Å². The molecule has 0 radical (unpaired) electrons. The van der Waals surface area contributed by atoms with E-state index in [2.05, 4.69) is 4.98 Å². The van der Waals surface area contributed by atoms with Crippen LogP contribution < -0.4 is 5.73 Å². The van der Waals surface area contributed by atoms with Crippen LogP contribution in [0.15, 0.2) is 54.6 Å². The molecule has 0 saturated carbocycles. The molecule has 4 aromatic rings. The first-order valence-electron chi connectivity index (χ1n) is 9.81. The van der Waals surface area contributed by atoms with Gasteiger partial charge in [-0.25, -0.2) is 0 Å². The van der Waals surface area contributed by atoms with Crippen molar-refractivity contribution >= 4 is 21.7 Å². The van der Waals surface area contributed by atoms with Crippen molar-refractivity contribution < 1.29 is 13.2 Å². The molecule has 3 aromatic carbocycles. The van der Waals surface area contributed by atoms with Crippen molar-refractivity contribution in [1.29, 1.82) is 0 Å². The second-order valence-electron chi connectivity index (χ2n) is 7.43. The van der Waals surface area contributed by atoms with Crippen LogP contribution in [0, 0.1) is 6.92 Å². The molecule has 3 N–H and O–H groups in total. The molecule has 2 nitrogen and oxygen atoms in total. The van der Waals surface area contributed by atoms with Crippen LogP contribution in [0.4, 0.5) is 13.2 Å². The molecule has 0 atom stereocenters. The van der Waals surface area contributed by atoms with Crippen molar-refractivity contribution in [2.24, 2.45) is 5.73 Å². The molecule has 0 saturated heterocycles. The Morgan fingerprint density at radius 2 is 1.59 bits per heavy atom. The van der Waals surface area contributed by atoms with Crippen molar-refractivity contribution in [2.75, 3.05) is 6.54 Å². The summed E-state index contributed by atoms with van der Waals surface area (Å²) in [5, 5.41) is 2.77. The molecule has 4 rings (SSSR count). The van der Waals surface area contributed by atoms with Gasteiger partial charge in [-0.05, 0) is 60.7 Å². The van der Waals surface area contributed by atoms with E-state index in [0.29, 0.717) is 18.4 Å². The van der Waals surface area contributed by atoms with E-state index in [1.807, 2.05) is 43.3 Å². The van der Waals surface area contributed by atoms with Gasteiger partial charge in [0.05, 0.1) is 16.8 Å². The lowest BCUT2D eigenvalue weighted by molar-refractivity contribution is -0.136. The number of hydrogen-bond donors (Lipinski definition) is 2. The van der Waals surface area contributed by atoms with Crippen LogP contribution in [0.3, 0.4) is 0 Å². The van der Waals surface area contributed by atoms with Gasteiger partial charge in [0.25, 0.3) is 0 Å². The first-order valence-corrected chi connectivity index (χ1v) is 9.81. The van der Waals surface area contributed by atoms with Crippen molar-refractivity contribution in [3.63, 3.8) is 0 Å². The van der Waals surface area contributed by atoms with Gasteiger partial charge in [-0.15, -0.1) is 0 Å². The van der Waals surface area contributed by atoms with Crippen LogP contribution in [0.25, 0.3) is 32.9 Å². The largest absolute Gasteiger partial charge is 0.418 e. The topological polar surface area (TPSA) is 41.8 Å². The fraction of sp³-hybridized carbons (Fsp3) is 0.250. The highest BCUT2D eigenvalue weighted by molar-refractivity contribution is 6.02. The molecular formula is C24H23F3N2. The van der Waals surface area contributed by atoms with Crippen LogP contribution in [-0.4, -0.2) is 11.5 Å². The average Bonchev–Trinajstić information content (AvgIpc) is 3.06. The predicted molar refractivity (Wildman–Crippen MR) is 113 cm³/mol. The lowest BCUT2D eigenvalue weighted by Gasteiger charge is -2.10. The fourth-order valence-electron chi connectivity index (χ4n) is 4.11. The standard InChI is InChI=1S/C24H23F3N2/c1-15-12-13-20(17-8-3-2-7-16(15)17)22-18(9-4-5-14-28)19-10-6-11-21(23(19)29-22)24(25,26)27/h2-3,6-8,10-13,29H,4-5,9,14,28H2,1H3. The highest BCUT2D eigenvalue weighted by Crippen LogP contribution is 2.41. The Hall–Kier alpha value is -2.79. The molecule has 0 bridgehead atoms. The number of aromatic amines is 1. The Labute approximate surface area is 167 Å². The highest BCUT2D eigenvalue weighted by atomic mass is 19.4. The van der Waals surface area contributed by atoms with Gasteiger partial charge in [0.2, 0.25) is 0 Å². The molecular weight excluding hydrogens is 373 g/mol. The number of nitrogens with one attached hydrogen (secondary N) is 1. The van der Waals surface area contributed by atoms with E-state index in [0.717, 1.165) is 52.1 Å². The number of rotatable bonds is 5. The van der Waals surface area contributed by atoms with Gasteiger partial charge in [-0.1, -0.05) is 48.5 Å². The summed E-state index contributed by atoms with van der Waals surface area (Å²) in [7, 11) is 0. The van der Waals surface area contributed by atoms with Crippen LogP contribution in [-0.2, 0) is 12.6 Å². The third-order valence-corrected chi connectivity index (χ3v) is 5.54. The molecule has 5 heteroatoms. The summed E-state index contributed by atoms with van der Waals surface area (Å²) in [5.74, 6) is 0. The molecule has 0 unspecified atom stereocenters. The lowest BCUT2D eigenvalue weighted by Crippen LogP contribution is -2.05. The molecule has 0 aliphatic carbocycles. The zero-order valence-corrected chi connectivity index (χ0v) is 16.2. The molecule has 0 fully saturated rings. The maximum Gasteiger partial charge on any atom is 0.418 e. The lowest BCUT2D eigenvalue weighted by atomic mass is 9.94. The summed E-state index contributed by atoms with van der Waals surface area (Å²) >= 11 is 0. The molecule has 0 amide bonds. The highest BCUT2D eigenvalue weighted by Gasteiger charge is 2.34. The second-order valence-corrected chi connectivity index (χ2v) is 7.43. The summed E-state index contributed by atoms with van der Waals surface area (Å²) in [6.07, 6.45) is -2.07. The van der Waals surface area contributed by atoms with Crippen molar-refractivity contribution in [3.8, 4) is 11.3 Å². The normalized spacial score (nSPS) is 12.2. The van der Waals surface area contributed by atoms with E-state index in [-0.39, 0.29) is 5.52 Å². The van der Waals surface area contributed by atoms with Gasteiger partial charge < -0.3 is 10.7 Å². The summed E-state index contributed by atoms with van der Waals surface area (Å²) in [5.41, 5.74) is 8.94. The average molecular weight is 396 g/mol. The maximum atomic E-state index is 13.6. The van der Waals surface area contributed by atoms with Gasteiger partial charge in [0.15, 0.2) is 0 Å². The summed E-state index contributed by atoms with van der Waals surface area (Å²) < 4.78 is 40.9. The van der Waals surface area contributed by atoms with E-state index >= 15 is 0 Å². The molecule has 150 valence electrons.